The second kappa shape index (κ2) is 4.21. The van der Waals surface area contributed by atoms with E-state index in [-0.39, 0.29) is 0 Å². The van der Waals surface area contributed by atoms with Crippen LogP contribution in [0.5, 0.6) is 0 Å². The van der Waals surface area contributed by atoms with Crippen LogP contribution in [0.3, 0.4) is 0 Å². The topological polar surface area (TPSA) is 38.7 Å². The first-order valence-corrected chi connectivity index (χ1v) is 7.22. The summed E-state index contributed by atoms with van der Waals surface area (Å²) in [5.41, 5.74) is 1.49. The SMILES string of the molecule is c1ccc2c(c1)cnc1nc3ncc4ccccc4c3cc12. The van der Waals surface area contributed by atoms with Crippen LogP contribution in [-0.2, 0) is 0 Å². The third kappa shape index (κ3) is 1.53. The molecule has 0 saturated carbocycles. The van der Waals surface area contributed by atoms with Crippen molar-refractivity contribution in [3.63, 3.8) is 0 Å². The fourth-order valence-electron chi connectivity index (χ4n) is 3.06. The molecule has 0 aliphatic rings. The second-order valence-electron chi connectivity index (χ2n) is 5.42. The third-order valence-electron chi connectivity index (χ3n) is 4.14. The maximum Gasteiger partial charge on any atom is 0.162 e. The lowest BCUT2D eigenvalue weighted by Crippen LogP contribution is -1.90. The summed E-state index contributed by atoms with van der Waals surface area (Å²) in [6.07, 6.45) is 3.75. The van der Waals surface area contributed by atoms with Crippen LogP contribution in [0.1, 0.15) is 0 Å². The molecule has 2 aromatic carbocycles. The Kier molecular flexibility index (Phi) is 2.22. The van der Waals surface area contributed by atoms with Crippen molar-refractivity contribution >= 4 is 43.6 Å². The monoisotopic (exact) mass is 281 g/mol. The molecule has 22 heavy (non-hydrogen) atoms. The van der Waals surface area contributed by atoms with E-state index in [4.69, 9.17) is 0 Å². The Balaban J connectivity index is 2.05. The van der Waals surface area contributed by atoms with Gasteiger partial charge in [0.15, 0.2) is 11.3 Å². The summed E-state index contributed by atoms with van der Waals surface area (Å²) >= 11 is 0. The summed E-state index contributed by atoms with van der Waals surface area (Å²) in [7, 11) is 0. The molecule has 0 aliphatic heterocycles. The fourth-order valence-corrected chi connectivity index (χ4v) is 3.06. The number of rotatable bonds is 0. The lowest BCUT2D eigenvalue weighted by atomic mass is 10.0. The molecule has 0 saturated heterocycles. The van der Waals surface area contributed by atoms with Crippen LogP contribution in [0.25, 0.3) is 43.6 Å². The molecule has 0 atom stereocenters. The van der Waals surface area contributed by atoms with E-state index < -0.39 is 0 Å². The van der Waals surface area contributed by atoms with Gasteiger partial charge >= 0.3 is 0 Å². The van der Waals surface area contributed by atoms with Gasteiger partial charge in [0.05, 0.1) is 0 Å². The van der Waals surface area contributed by atoms with Crippen molar-refractivity contribution in [1.29, 1.82) is 0 Å². The van der Waals surface area contributed by atoms with Gasteiger partial charge in [0.25, 0.3) is 0 Å². The molecule has 0 radical (unpaired) electrons. The van der Waals surface area contributed by atoms with E-state index in [1.807, 2.05) is 36.7 Å². The first-order chi connectivity index (χ1) is 10.9. The van der Waals surface area contributed by atoms with Crippen LogP contribution in [-0.4, -0.2) is 15.0 Å². The zero-order valence-corrected chi connectivity index (χ0v) is 11.7. The molecule has 0 spiro atoms. The summed E-state index contributed by atoms with van der Waals surface area (Å²) in [6, 6.07) is 18.7. The molecule has 0 unspecified atom stereocenters. The predicted octanol–water partition coefficient (Wildman–Crippen LogP) is 4.48. The van der Waals surface area contributed by atoms with Crippen LogP contribution in [0.15, 0.2) is 67.0 Å². The molecule has 5 rings (SSSR count). The van der Waals surface area contributed by atoms with Crippen LogP contribution >= 0.6 is 0 Å². The Hall–Kier alpha value is -3.07. The largest absolute Gasteiger partial charge is 0.236 e. The average molecular weight is 281 g/mol. The van der Waals surface area contributed by atoms with Crippen molar-refractivity contribution in [1.82, 2.24) is 15.0 Å². The lowest BCUT2D eigenvalue weighted by molar-refractivity contribution is 1.29. The normalized spacial score (nSPS) is 11.6. The van der Waals surface area contributed by atoms with E-state index in [1.54, 1.807) is 0 Å². The Labute approximate surface area is 126 Å². The minimum absolute atomic E-state index is 0.744. The number of pyridine rings is 3. The highest BCUT2D eigenvalue weighted by molar-refractivity contribution is 6.12. The number of aromatic nitrogens is 3. The van der Waals surface area contributed by atoms with E-state index >= 15 is 0 Å². The first-order valence-electron chi connectivity index (χ1n) is 7.22. The molecule has 0 aliphatic carbocycles. The summed E-state index contributed by atoms with van der Waals surface area (Å²) < 4.78 is 0. The highest BCUT2D eigenvalue weighted by Crippen LogP contribution is 2.28. The summed E-state index contributed by atoms with van der Waals surface area (Å²) in [6.45, 7) is 0. The number of hydrogen-bond acceptors (Lipinski definition) is 3. The van der Waals surface area contributed by atoms with Gasteiger partial charge < -0.3 is 0 Å². The molecular formula is C19H11N3. The molecule has 0 amide bonds. The predicted molar refractivity (Wildman–Crippen MR) is 89.9 cm³/mol. The summed E-state index contributed by atoms with van der Waals surface area (Å²) in [5.74, 6) is 0. The van der Waals surface area contributed by atoms with Gasteiger partial charge in [-0.05, 0) is 16.8 Å². The van der Waals surface area contributed by atoms with Gasteiger partial charge in [-0.3, -0.25) is 0 Å². The van der Waals surface area contributed by atoms with Gasteiger partial charge in [-0.15, -0.1) is 0 Å². The molecular weight excluding hydrogens is 270 g/mol. The number of nitrogens with zero attached hydrogens (tertiary/aromatic N) is 3. The zero-order valence-electron chi connectivity index (χ0n) is 11.7. The number of benzene rings is 2. The average Bonchev–Trinajstić information content (AvgIpc) is 2.60. The van der Waals surface area contributed by atoms with Crippen molar-refractivity contribution in [2.24, 2.45) is 0 Å². The van der Waals surface area contributed by atoms with Gasteiger partial charge in [-0.1, -0.05) is 48.5 Å². The smallest absolute Gasteiger partial charge is 0.162 e. The van der Waals surface area contributed by atoms with Crippen molar-refractivity contribution in [3.8, 4) is 0 Å². The quantitative estimate of drug-likeness (QED) is 0.310. The van der Waals surface area contributed by atoms with E-state index in [1.165, 1.54) is 10.8 Å². The zero-order chi connectivity index (χ0) is 14.5. The molecule has 5 aromatic rings. The Bertz CT molecular complexity index is 1090. The van der Waals surface area contributed by atoms with Crippen molar-refractivity contribution < 1.29 is 0 Å². The van der Waals surface area contributed by atoms with E-state index in [2.05, 4.69) is 45.3 Å². The Morgan fingerprint density at radius 2 is 1.05 bits per heavy atom. The van der Waals surface area contributed by atoms with Crippen LogP contribution < -0.4 is 0 Å². The highest BCUT2D eigenvalue weighted by Gasteiger charge is 2.08. The first kappa shape index (κ1) is 11.6. The molecule has 0 N–H and O–H groups in total. The Morgan fingerprint density at radius 3 is 1.59 bits per heavy atom. The Morgan fingerprint density at radius 1 is 0.545 bits per heavy atom. The number of fused-ring (bicyclic) bond motifs is 6. The summed E-state index contributed by atoms with van der Waals surface area (Å²) in [5, 5.41) is 6.76. The van der Waals surface area contributed by atoms with Gasteiger partial charge in [0, 0.05) is 33.9 Å². The minimum Gasteiger partial charge on any atom is -0.236 e. The molecule has 0 bridgehead atoms. The fraction of sp³-hybridized carbons (Fsp3) is 0. The minimum atomic E-state index is 0.744. The van der Waals surface area contributed by atoms with Crippen LogP contribution in [0, 0.1) is 0 Å². The molecule has 3 heteroatoms. The molecule has 3 heterocycles. The molecule has 102 valence electrons. The van der Waals surface area contributed by atoms with Crippen molar-refractivity contribution in [3.05, 3.63) is 67.0 Å². The van der Waals surface area contributed by atoms with E-state index in [9.17, 15) is 0 Å². The maximum absolute atomic E-state index is 4.66. The lowest BCUT2D eigenvalue weighted by Gasteiger charge is -2.06. The second-order valence-corrected chi connectivity index (χ2v) is 5.42. The summed E-state index contributed by atoms with van der Waals surface area (Å²) in [4.78, 5) is 13.6. The van der Waals surface area contributed by atoms with Gasteiger partial charge in [0.1, 0.15) is 0 Å². The molecule has 0 fully saturated rings. The molecule has 3 nitrogen and oxygen atoms in total. The van der Waals surface area contributed by atoms with Crippen molar-refractivity contribution in [2.75, 3.05) is 0 Å². The van der Waals surface area contributed by atoms with E-state index in [0.717, 1.165) is 32.8 Å². The van der Waals surface area contributed by atoms with Crippen LogP contribution in [0.4, 0.5) is 0 Å². The third-order valence-corrected chi connectivity index (χ3v) is 4.14. The van der Waals surface area contributed by atoms with Gasteiger partial charge in [0.2, 0.25) is 0 Å². The number of hydrogen-bond donors (Lipinski definition) is 0. The van der Waals surface area contributed by atoms with Gasteiger partial charge in [-0.25, -0.2) is 15.0 Å². The standard InChI is InChI=1S/C19H11N3/c1-3-7-14-12(5-1)10-20-18-16(14)9-17-15-8-4-2-6-13(15)11-21-19(17)22-18/h1-11H. The molecule has 3 aromatic heterocycles. The van der Waals surface area contributed by atoms with Gasteiger partial charge in [-0.2, -0.15) is 0 Å². The highest BCUT2D eigenvalue weighted by atomic mass is 14.9. The maximum atomic E-state index is 4.66. The van der Waals surface area contributed by atoms with Crippen LogP contribution in [0.2, 0.25) is 0 Å². The van der Waals surface area contributed by atoms with E-state index in [0.29, 0.717) is 0 Å². The van der Waals surface area contributed by atoms with Crippen molar-refractivity contribution in [2.45, 2.75) is 0 Å².